The number of piperidine rings is 1. The third-order valence-electron chi connectivity index (χ3n) is 4.47. The van der Waals surface area contributed by atoms with Crippen LogP contribution in [0.25, 0.3) is 0 Å². The zero-order valence-corrected chi connectivity index (χ0v) is 16.2. The van der Waals surface area contributed by atoms with Crippen LogP contribution in [0.4, 0.5) is 10.5 Å². The summed E-state index contributed by atoms with van der Waals surface area (Å²) in [7, 11) is 0. The summed E-state index contributed by atoms with van der Waals surface area (Å²) in [5, 5.41) is 3.59. The highest BCUT2D eigenvalue weighted by Gasteiger charge is 2.29. The molecule has 5 heteroatoms. The van der Waals surface area contributed by atoms with E-state index in [4.69, 9.17) is 9.47 Å². The van der Waals surface area contributed by atoms with Crippen molar-refractivity contribution in [1.82, 2.24) is 4.90 Å². The standard InChI is InChI=1S/C20H32N2O3/c1-6-24-18-10-8-7-9-17(18)21-15(2)16-11-13-22(14-12-16)19(23)25-20(3,4)5/h7-10,15-16,21H,6,11-14H2,1-5H3. The van der Waals surface area contributed by atoms with Gasteiger partial charge in [-0.15, -0.1) is 0 Å². The molecular formula is C20H32N2O3. The van der Waals surface area contributed by atoms with Gasteiger partial charge in [-0.2, -0.15) is 0 Å². The maximum atomic E-state index is 12.2. The van der Waals surface area contributed by atoms with Crippen molar-refractivity contribution in [3.63, 3.8) is 0 Å². The van der Waals surface area contributed by atoms with Gasteiger partial charge in [0, 0.05) is 19.1 Å². The molecule has 1 atom stereocenters. The number of rotatable bonds is 5. The predicted octanol–water partition coefficient (Wildman–Crippen LogP) is 4.53. The van der Waals surface area contributed by atoms with E-state index in [-0.39, 0.29) is 6.09 Å². The molecule has 1 amide bonds. The van der Waals surface area contributed by atoms with Crippen LogP contribution in [-0.4, -0.2) is 42.3 Å². The first-order valence-corrected chi connectivity index (χ1v) is 9.26. The molecular weight excluding hydrogens is 316 g/mol. The van der Waals surface area contributed by atoms with Gasteiger partial charge < -0.3 is 19.7 Å². The molecule has 1 saturated heterocycles. The van der Waals surface area contributed by atoms with E-state index in [0.717, 1.165) is 37.4 Å². The summed E-state index contributed by atoms with van der Waals surface area (Å²) < 4.78 is 11.2. The number of benzene rings is 1. The number of nitrogens with zero attached hydrogens (tertiary/aromatic N) is 1. The second kappa shape index (κ2) is 8.45. The molecule has 0 bridgehead atoms. The lowest BCUT2D eigenvalue weighted by atomic mass is 9.90. The Morgan fingerprint density at radius 1 is 1.28 bits per heavy atom. The van der Waals surface area contributed by atoms with Crippen LogP contribution in [-0.2, 0) is 4.74 Å². The molecule has 1 N–H and O–H groups in total. The molecule has 1 aromatic rings. The first kappa shape index (κ1) is 19.4. The minimum absolute atomic E-state index is 0.201. The fraction of sp³-hybridized carbons (Fsp3) is 0.650. The molecule has 0 spiro atoms. The predicted molar refractivity (Wildman–Crippen MR) is 101 cm³/mol. The molecule has 1 fully saturated rings. The van der Waals surface area contributed by atoms with E-state index in [9.17, 15) is 4.79 Å². The number of carbonyl (C=O) groups excluding carboxylic acids is 1. The highest BCUT2D eigenvalue weighted by Crippen LogP contribution is 2.29. The van der Waals surface area contributed by atoms with Gasteiger partial charge in [0.1, 0.15) is 11.4 Å². The minimum atomic E-state index is -0.439. The Labute approximate surface area is 151 Å². The fourth-order valence-electron chi connectivity index (χ4n) is 3.14. The average molecular weight is 348 g/mol. The third kappa shape index (κ3) is 5.83. The summed E-state index contributed by atoms with van der Waals surface area (Å²) in [6, 6.07) is 8.37. The van der Waals surface area contributed by atoms with Crippen molar-refractivity contribution in [2.75, 3.05) is 25.0 Å². The minimum Gasteiger partial charge on any atom is -0.492 e. The number of anilines is 1. The topological polar surface area (TPSA) is 50.8 Å². The zero-order valence-electron chi connectivity index (χ0n) is 16.2. The van der Waals surface area contributed by atoms with Crippen LogP contribution in [0.2, 0.25) is 0 Å². The normalized spacial score (nSPS) is 17.1. The summed E-state index contributed by atoms with van der Waals surface area (Å²) in [5.41, 5.74) is 0.595. The van der Waals surface area contributed by atoms with Crippen molar-refractivity contribution in [2.24, 2.45) is 5.92 Å². The molecule has 1 unspecified atom stereocenters. The van der Waals surface area contributed by atoms with Gasteiger partial charge in [0.15, 0.2) is 0 Å². The molecule has 0 saturated carbocycles. The van der Waals surface area contributed by atoms with E-state index in [1.807, 2.05) is 50.8 Å². The molecule has 0 aromatic heterocycles. The van der Waals surface area contributed by atoms with Crippen molar-refractivity contribution in [2.45, 2.75) is 59.1 Å². The van der Waals surface area contributed by atoms with Crippen LogP contribution >= 0.6 is 0 Å². The van der Waals surface area contributed by atoms with Gasteiger partial charge in [-0.1, -0.05) is 12.1 Å². The molecule has 1 aliphatic heterocycles. The Balaban J connectivity index is 1.87. The van der Waals surface area contributed by atoms with E-state index in [1.54, 1.807) is 0 Å². The van der Waals surface area contributed by atoms with Gasteiger partial charge in [-0.25, -0.2) is 4.79 Å². The number of carbonyl (C=O) groups is 1. The highest BCUT2D eigenvalue weighted by molar-refractivity contribution is 5.68. The van der Waals surface area contributed by atoms with Crippen molar-refractivity contribution >= 4 is 11.8 Å². The molecule has 0 radical (unpaired) electrons. The summed E-state index contributed by atoms with van der Waals surface area (Å²) in [4.78, 5) is 14.0. The third-order valence-corrected chi connectivity index (χ3v) is 4.47. The van der Waals surface area contributed by atoms with Gasteiger partial charge in [0.25, 0.3) is 0 Å². The van der Waals surface area contributed by atoms with E-state index >= 15 is 0 Å². The summed E-state index contributed by atoms with van der Waals surface area (Å²) in [6.07, 6.45) is 1.75. The van der Waals surface area contributed by atoms with E-state index in [1.165, 1.54) is 0 Å². The van der Waals surface area contributed by atoms with Crippen molar-refractivity contribution in [3.05, 3.63) is 24.3 Å². The van der Waals surface area contributed by atoms with Crippen molar-refractivity contribution < 1.29 is 14.3 Å². The van der Waals surface area contributed by atoms with Crippen LogP contribution in [0.3, 0.4) is 0 Å². The number of likely N-dealkylation sites (tertiary alicyclic amines) is 1. The van der Waals surface area contributed by atoms with Crippen LogP contribution in [0.1, 0.15) is 47.5 Å². The van der Waals surface area contributed by atoms with Crippen molar-refractivity contribution in [1.29, 1.82) is 0 Å². The second-order valence-electron chi connectivity index (χ2n) is 7.67. The smallest absolute Gasteiger partial charge is 0.410 e. The van der Waals surface area contributed by atoms with Crippen LogP contribution in [0.15, 0.2) is 24.3 Å². The molecule has 0 aliphatic carbocycles. The number of nitrogens with one attached hydrogen (secondary N) is 1. The maximum absolute atomic E-state index is 12.2. The largest absolute Gasteiger partial charge is 0.492 e. The lowest BCUT2D eigenvalue weighted by molar-refractivity contribution is 0.0179. The van der Waals surface area contributed by atoms with Crippen LogP contribution < -0.4 is 10.1 Å². The van der Waals surface area contributed by atoms with E-state index in [2.05, 4.69) is 18.3 Å². The lowest BCUT2D eigenvalue weighted by Crippen LogP contribution is -2.44. The molecule has 1 heterocycles. The summed E-state index contributed by atoms with van der Waals surface area (Å²) in [6.45, 7) is 12.1. The second-order valence-corrected chi connectivity index (χ2v) is 7.67. The van der Waals surface area contributed by atoms with Gasteiger partial charge >= 0.3 is 6.09 Å². The first-order chi connectivity index (χ1) is 11.8. The van der Waals surface area contributed by atoms with Gasteiger partial charge in [0.2, 0.25) is 0 Å². The Morgan fingerprint density at radius 3 is 2.52 bits per heavy atom. The maximum Gasteiger partial charge on any atom is 0.410 e. The summed E-state index contributed by atoms with van der Waals surface area (Å²) >= 11 is 0. The monoisotopic (exact) mass is 348 g/mol. The van der Waals surface area contributed by atoms with Gasteiger partial charge in [-0.3, -0.25) is 0 Å². The van der Waals surface area contributed by atoms with Gasteiger partial charge in [-0.05, 0) is 65.5 Å². The molecule has 1 aliphatic rings. The van der Waals surface area contributed by atoms with Crippen molar-refractivity contribution in [3.8, 4) is 5.75 Å². The highest BCUT2D eigenvalue weighted by atomic mass is 16.6. The number of para-hydroxylation sites is 2. The lowest BCUT2D eigenvalue weighted by Gasteiger charge is -2.36. The quantitative estimate of drug-likeness (QED) is 0.849. The first-order valence-electron chi connectivity index (χ1n) is 9.26. The average Bonchev–Trinajstić information content (AvgIpc) is 2.55. The van der Waals surface area contributed by atoms with Crippen LogP contribution in [0.5, 0.6) is 5.75 Å². The Hall–Kier alpha value is -1.91. The molecule has 5 nitrogen and oxygen atoms in total. The number of ether oxygens (including phenoxy) is 2. The zero-order chi connectivity index (χ0) is 18.4. The molecule has 1 aromatic carbocycles. The van der Waals surface area contributed by atoms with Crippen LogP contribution in [0, 0.1) is 5.92 Å². The number of hydrogen-bond donors (Lipinski definition) is 1. The molecule has 25 heavy (non-hydrogen) atoms. The Bertz CT molecular complexity index is 560. The van der Waals surface area contributed by atoms with E-state index < -0.39 is 5.60 Å². The summed E-state index contributed by atoms with van der Waals surface area (Å²) in [5.74, 6) is 1.41. The number of hydrogen-bond acceptors (Lipinski definition) is 4. The molecule has 140 valence electrons. The Morgan fingerprint density at radius 2 is 1.92 bits per heavy atom. The van der Waals surface area contributed by atoms with E-state index in [0.29, 0.717) is 18.6 Å². The Kier molecular flexibility index (Phi) is 6.57. The SMILES string of the molecule is CCOc1ccccc1NC(C)C1CCN(C(=O)OC(C)(C)C)CC1. The molecule has 2 rings (SSSR count). The van der Waals surface area contributed by atoms with Gasteiger partial charge in [0.05, 0.1) is 12.3 Å². The number of amides is 1. The fourth-order valence-corrected chi connectivity index (χ4v) is 3.14.